The van der Waals surface area contributed by atoms with Crippen molar-refractivity contribution in [1.82, 2.24) is 10.1 Å². The maximum absolute atomic E-state index is 6.05. The van der Waals surface area contributed by atoms with Gasteiger partial charge in [0.05, 0.1) is 6.04 Å². The lowest BCUT2D eigenvalue weighted by Gasteiger charge is -2.13. The Hall–Kier alpha value is -0.940. The molecular formula is C12H21N3O2. The van der Waals surface area contributed by atoms with Crippen LogP contribution in [0.5, 0.6) is 0 Å². The predicted octanol–water partition coefficient (Wildman–Crippen LogP) is 1.69. The lowest BCUT2D eigenvalue weighted by atomic mass is 10.0. The molecule has 1 aromatic heterocycles. The summed E-state index contributed by atoms with van der Waals surface area (Å²) in [5.74, 6) is 2.21. The van der Waals surface area contributed by atoms with Gasteiger partial charge in [-0.3, -0.25) is 0 Å². The minimum atomic E-state index is -0.152. The van der Waals surface area contributed by atoms with Gasteiger partial charge in [0.15, 0.2) is 5.82 Å². The molecule has 5 heteroatoms. The van der Waals surface area contributed by atoms with Crippen molar-refractivity contribution in [2.75, 3.05) is 13.2 Å². The fourth-order valence-corrected chi connectivity index (χ4v) is 1.99. The first-order chi connectivity index (χ1) is 8.20. The van der Waals surface area contributed by atoms with Crippen LogP contribution in [-0.4, -0.2) is 23.4 Å². The Morgan fingerprint density at radius 1 is 1.53 bits per heavy atom. The van der Waals surface area contributed by atoms with Crippen molar-refractivity contribution in [3.8, 4) is 0 Å². The second-order valence-corrected chi connectivity index (χ2v) is 4.89. The van der Waals surface area contributed by atoms with E-state index < -0.39 is 0 Å². The van der Waals surface area contributed by atoms with E-state index in [4.69, 9.17) is 15.0 Å². The highest BCUT2D eigenvalue weighted by Gasteiger charge is 2.22. The summed E-state index contributed by atoms with van der Waals surface area (Å²) in [5.41, 5.74) is 6.05. The molecule has 1 aliphatic heterocycles. The fourth-order valence-electron chi connectivity index (χ4n) is 1.99. The van der Waals surface area contributed by atoms with E-state index in [1.807, 2.05) is 0 Å². The van der Waals surface area contributed by atoms with Gasteiger partial charge in [-0.1, -0.05) is 25.4 Å². The molecule has 2 N–H and O–H groups in total. The van der Waals surface area contributed by atoms with Crippen molar-refractivity contribution in [2.45, 2.75) is 39.2 Å². The zero-order chi connectivity index (χ0) is 12.3. The molecule has 2 unspecified atom stereocenters. The molecule has 3 atom stereocenters. The second-order valence-electron chi connectivity index (χ2n) is 4.89. The number of hydrogen-bond acceptors (Lipinski definition) is 5. The summed E-state index contributed by atoms with van der Waals surface area (Å²) in [7, 11) is 0. The maximum atomic E-state index is 6.05. The first-order valence-electron chi connectivity index (χ1n) is 6.36. The van der Waals surface area contributed by atoms with E-state index in [0.717, 1.165) is 38.3 Å². The molecule has 0 aromatic carbocycles. The molecular weight excluding hydrogens is 218 g/mol. The van der Waals surface area contributed by atoms with Gasteiger partial charge in [0, 0.05) is 19.6 Å². The van der Waals surface area contributed by atoms with Crippen LogP contribution in [0, 0.1) is 11.8 Å². The van der Waals surface area contributed by atoms with Crippen LogP contribution in [0.4, 0.5) is 0 Å². The molecule has 96 valence electrons. The van der Waals surface area contributed by atoms with Crippen molar-refractivity contribution in [3.05, 3.63) is 11.7 Å². The van der Waals surface area contributed by atoms with Gasteiger partial charge in [-0.15, -0.1) is 0 Å². The summed E-state index contributed by atoms with van der Waals surface area (Å²) in [6.45, 7) is 5.86. The molecule has 0 saturated carbocycles. The van der Waals surface area contributed by atoms with Crippen LogP contribution in [0.1, 0.15) is 44.4 Å². The van der Waals surface area contributed by atoms with Crippen LogP contribution in [-0.2, 0) is 11.2 Å². The van der Waals surface area contributed by atoms with Crippen LogP contribution in [0.3, 0.4) is 0 Å². The number of nitrogens with zero attached hydrogens (tertiary/aromatic N) is 2. The van der Waals surface area contributed by atoms with Crippen LogP contribution in [0.2, 0.25) is 0 Å². The number of hydrogen-bond donors (Lipinski definition) is 1. The number of nitrogens with two attached hydrogens (primary N) is 1. The highest BCUT2D eigenvalue weighted by atomic mass is 16.5. The third kappa shape index (κ3) is 3.04. The SMILES string of the molecule is CCC(C)[C@H](N)c1nc(CC2CCOC2)no1. The Morgan fingerprint density at radius 3 is 3.00 bits per heavy atom. The highest BCUT2D eigenvalue weighted by molar-refractivity contribution is 4.95. The van der Waals surface area contributed by atoms with Gasteiger partial charge < -0.3 is 15.0 Å². The summed E-state index contributed by atoms with van der Waals surface area (Å²) in [4.78, 5) is 4.38. The Kier molecular flexibility index (Phi) is 4.12. The number of ether oxygens (including phenoxy) is 1. The topological polar surface area (TPSA) is 74.2 Å². The Morgan fingerprint density at radius 2 is 2.35 bits per heavy atom. The van der Waals surface area contributed by atoms with Crippen molar-refractivity contribution in [1.29, 1.82) is 0 Å². The van der Waals surface area contributed by atoms with Gasteiger partial charge in [-0.25, -0.2) is 0 Å². The number of aromatic nitrogens is 2. The van der Waals surface area contributed by atoms with Gasteiger partial charge >= 0.3 is 0 Å². The zero-order valence-electron chi connectivity index (χ0n) is 10.6. The average molecular weight is 239 g/mol. The first kappa shape index (κ1) is 12.5. The van der Waals surface area contributed by atoms with Crippen molar-refractivity contribution in [2.24, 2.45) is 17.6 Å². The zero-order valence-corrected chi connectivity index (χ0v) is 10.6. The first-order valence-corrected chi connectivity index (χ1v) is 6.36. The Labute approximate surface area is 102 Å². The summed E-state index contributed by atoms with van der Waals surface area (Å²) in [5, 5.41) is 4.00. The minimum absolute atomic E-state index is 0.152. The van der Waals surface area contributed by atoms with Gasteiger partial charge in [-0.2, -0.15) is 4.98 Å². The van der Waals surface area contributed by atoms with Gasteiger partial charge in [0.1, 0.15) is 0 Å². The maximum Gasteiger partial charge on any atom is 0.243 e. The van der Waals surface area contributed by atoms with Crippen LogP contribution >= 0.6 is 0 Å². The van der Waals surface area contributed by atoms with E-state index in [-0.39, 0.29) is 6.04 Å². The fraction of sp³-hybridized carbons (Fsp3) is 0.833. The lowest BCUT2D eigenvalue weighted by molar-refractivity contribution is 0.185. The molecule has 2 rings (SSSR count). The van der Waals surface area contributed by atoms with Crippen LogP contribution in [0.15, 0.2) is 4.52 Å². The molecule has 0 radical (unpaired) electrons. The largest absolute Gasteiger partial charge is 0.381 e. The van der Waals surface area contributed by atoms with Crippen LogP contribution < -0.4 is 5.73 Å². The normalized spacial score (nSPS) is 23.8. The molecule has 0 spiro atoms. The standard InChI is InChI=1S/C12H21N3O2/c1-3-8(2)11(13)12-14-10(15-17-12)6-9-4-5-16-7-9/h8-9,11H,3-7,13H2,1-2H3/t8?,9?,11-/m0/s1. The van der Waals surface area contributed by atoms with E-state index in [0.29, 0.717) is 17.7 Å². The van der Waals surface area contributed by atoms with E-state index in [1.165, 1.54) is 0 Å². The van der Waals surface area contributed by atoms with E-state index in [9.17, 15) is 0 Å². The quantitative estimate of drug-likeness (QED) is 0.846. The van der Waals surface area contributed by atoms with E-state index in [2.05, 4.69) is 24.0 Å². The minimum Gasteiger partial charge on any atom is -0.381 e. The molecule has 0 bridgehead atoms. The molecule has 1 aliphatic rings. The smallest absolute Gasteiger partial charge is 0.243 e. The Bertz CT molecular complexity index is 347. The van der Waals surface area contributed by atoms with Gasteiger partial charge in [-0.05, 0) is 18.3 Å². The Balaban J connectivity index is 1.95. The second kappa shape index (κ2) is 5.60. The third-order valence-electron chi connectivity index (χ3n) is 3.52. The summed E-state index contributed by atoms with van der Waals surface area (Å²) >= 11 is 0. The molecule has 1 saturated heterocycles. The molecule has 1 aromatic rings. The summed E-state index contributed by atoms with van der Waals surface area (Å²) in [6, 6.07) is -0.152. The molecule has 1 fully saturated rings. The van der Waals surface area contributed by atoms with Crippen molar-refractivity contribution < 1.29 is 9.26 Å². The molecule has 5 nitrogen and oxygen atoms in total. The third-order valence-corrected chi connectivity index (χ3v) is 3.52. The van der Waals surface area contributed by atoms with Crippen LogP contribution in [0.25, 0.3) is 0 Å². The molecule has 17 heavy (non-hydrogen) atoms. The van der Waals surface area contributed by atoms with E-state index >= 15 is 0 Å². The van der Waals surface area contributed by atoms with Gasteiger partial charge in [0.25, 0.3) is 0 Å². The van der Waals surface area contributed by atoms with Gasteiger partial charge in [0.2, 0.25) is 5.89 Å². The lowest BCUT2D eigenvalue weighted by Crippen LogP contribution is -2.19. The summed E-state index contributed by atoms with van der Waals surface area (Å²) in [6.07, 6.45) is 2.92. The number of rotatable bonds is 5. The molecule has 0 amide bonds. The van der Waals surface area contributed by atoms with E-state index in [1.54, 1.807) is 0 Å². The predicted molar refractivity (Wildman–Crippen MR) is 63.3 cm³/mol. The van der Waals surface area contributed by atoms with Crippen molar-refractivity contribution >= 4 is 0 Å². The molecule has 2 heterocycles. The highest BCUT2D eigenvalue weighted by Crippen LogP contribution is 2.22. The molecule has 0 aliphatic carbocycles. The average Bonchev–Trinajstić information content (AvgIpc) is 2.99. The monoisotopic (exact) mass is 239 g/mol. The van der Waals surface area contributed by atoms with Crippen molar-refractivity contribution in [3.63, 3.8) is 0 Å². The summed E-state index contributed by atoms with van der Waals surface area (Å²) < 4.78 is 10.6.